The Balaban J connectivity index is 2.13. The number of nitrogens with zero attached hydrogens (tertiary/aromatic N) is 4. The molecule has 0 saturated carbocycles. The molecule has 2 rings (SSSR count). The van der Waals surface area contributed by atoms with Crippen LogP contribution in [0.5, 0.6) is 0 Å². The maximum atomic E-state index is 10.4. The summed E-state index contributed by atoms with van der Waals surface area (Å²) in [5.41, 5.74) is 0.853. The summed E-state index contributed by atoms with van der Waals surface area (Å²) in [6.45, 7) is 1.30. The van der Waals surface area contributed by atoms with Gasteiger partial charge in [-0.15, -0.1) is 0 Å². The van der Waals surface area contributed by atoms with Crippen LogP contribution in [0.3, 0.4) is 0 Å². The maximum Gasteiger partial charge on any atom is 0.271 e. The van der Waals surface area contributed by atoms with Crippen LogP contribution in [0.15, 0.2) is 23.4 Å². The van der Waals surface area contributed by atoms with Crippen molar-refractivity contribution in [3.05, 3.63) is 39.2 Å². The number of rotatable bonds is 3. The first-order valence-electron chi connectivity index (χ1n) is 5.36. The molecule has 2 heterocycles. The third-order valence-electron chi connectivity index (χ3n) is 2.24. The lowest BCUT2D eigenvalue weighted by molar-refractivity contribution is -0.485. The van der Waals surface area contributed by atoms with E-state index in [1.807, 2.05) is 0 Å². The number of guanidine groups is 1. The van der Waals surface area contributed by atoms with Gasteiger partial charge in [-0.25, -0.2) is 15.1 Å². The number of nitrogens with one attached hydrogen (secondary N) is 1. The number of hydrogen-bond donors (Lipinski definition) is 1. The van der Waals surface area contributed by atoms with Crippen molar-refractivity contribution < 1.29 is 6.44 Å². The Bertz CT molecular complexity index is 480. The van der Waals surface area contributed by atoms with Crippen LogP contribution in [0.1, 0.15) is 5.56 Å². The highest BCUT2D eigenvalue weighted by atomic mass is 35.5. The molecule has 0 unspecified atom stereocenters. The van der Waals surface area contributed by atoms with Crippen molar-refractivity contribution in [2.75, 3.05) is 13.1 Å². The molecule has 1 saturated heterocycles. The second-order valence-electron chi connectivity index (χ2n) is 3.43. The third kappa shape index (κ3) is 3.04. The standard InChI is InChI=1S/C9H10ClN5O2/c10-8-2-1-7(5-12-8)6-14-4-3-11-9(14)13-15(16)17/h1-2,5H,3-4,6H2,(H,11,13)/i/hD. The molecule has 1 aromatic rings. The molecule has 1 aliphatic rings. The molecule has 90 valence electrons. The highest BCUT2D eigenvalue weighted by Crippen LogP contribution is 2.09. The van der Waals surface area contributed by atoms with Crippen LogP contribution in [0.25, 0.3) is 0 Å². The largest absolute Gasteiger partial charge is 0.349 e. The van der Waals surface area contributed by atoms with Crippen LogP contribution in [-0.4, -0.2) is 34.0 Å². The number of aromatic nitrogens is 1. The minimum atomic E-state index is -0.796. The van der Waals surface area contributed by atoms with Gasteiger partial charge in [0.25, 0.3) is 5.96 Å². The molecule has 0 amide bonds. The van der Waals surface area contributed by atoms with Crippen molar-refractivity contribution in [2.45, 2.75) is 6.54 Å². The fourth-order valence-electron chi connectivity index (χ4n) is 1.51. The van der Waals surface area contributed by atoms with Gasteiger partial charge in [-0.05, 0) is 11.6 Å². The van der Waals surface area contributed by atoms with Crippen LogP contribution in [-0.2, 0) is 6.54 Å². The number of hydrazone groups is 1. The molecule has 0 atom stereocenters. The minimum Gasteiger partial charge on any atom is -0.349 e. The van der Waals surface area contributed by atoms with E-state index in [9.17, 15) is 10.1 Å². The molecule has 7 nitrogen and oxygen atoms in total. The zero-order valence-electron chi connectivity index (χ0n) is 9.78. The summed E-state index contributed by atoms with van der Waals surface area (Å²) in [6.07, 6.45) is 1.60. The zero-order chi connectivity index (χ0) is 13.1. The fraction of sp³-hybridized carbons (Fsp3) is 0.333. The molecular formula is C9H10ClN5O2. The van der Waals surface area contributed by atoms with Gasteiger partial charge in [0.15, 0.2) is 6.44 Å². The monoisotopic (exact) mass is 256 g/mol. The summed E-state index contributed by atoms with van der Waals surface area (Å²) in [5, 5.41) is 14.2. The molecule has 8 heteroatoms. The molecule has 0 radical (unpaired) electrons. The highest BCUT2D eigenvalue weighted by Gasteiger charge is 2.21. The minimum absolute atomic E-state index is 0.0370. The summed E-state index contributed by atoms with van der Waals surface area (Å²) in [7, 11) is 0. The van der Waals surface area contributed by atoms with E-state index >= 15 is 0 Å². The van der Waals surface area contributed by atoms with Crippen LogP contribution in [0.2, 0.25) is 6.56 Å². The predicted molar refractivity (Wildman–Crippen MR) is 62.1 cm³/mol. The normalized spacial score (nSPS) is 18.6. The fourth-order valence-corrected chi connectivity index (χ4v) is 1.62. The summed E-state index contributed by atoms with van der Waals surface area (Å²) in [6, 6.07) is 3.43. The quantitative estimate of drug-likeness (QED) is 0.489. The van der Waals surface area contributed by atoms with Gasteiger partial charge in [0.1, 0.15) is 10.3 Å². The molecule has 1 fully saturated rings. The smallest absolute Gasteiger partial charge is 0.271 e. The van der Waals surface area contributed by atoms with Gasteiger partial charge in [-0.1, -0.05) is 17.7 Å². The van der Waals surface area contributed by atoms with Gasteiger partial charge in [0, 0.05) is 25.8 Å². The van der Waals surface area contributed by atoms with E-state index in [-0.39, 0.29) is 5.96 Å². The first kappa shape index (κ1) is 10.3. The van der Waals surface area contributed by atoms with Crippen molar-refractivity contribution in [1.82, 2.24) is 15.2 Å². The van der Waals surface area contributed by atoms with Crippen molar-refractivity contribution in [2.24, 2.45) is 5.10 Å². The zero-order valence-corrected chi connectivity index (χ0v) is 9.54. The summed E-state index contributed by atoms with van der Waals surface area (Å²) < 4.78 is 7.53. The number of halogens is 1. The lowest BCUT2D eigenvalue weighted by atomic mass is 10.3. The molecule has 0 spiro atoms. The van der Waals surface area contributed by atoms with Crippen molar-refractivity contribution in [3.8, 4) is 0 Å². The lowest BCUT2D eigenvalue weighted by Crippen LogP contribution is -2.30. The van der Waals surface area contributed by atoms with E-state index in [1.54, 1.807) is 23.2 Å². The molecule has 1 aromatic heterocycles. The third-order valence-corrected chi connectivity index (χ3v) is 2.46. The average molecular weight is 257 g/mol. The Morgan fingerprint density at radius 1 is 1.76 bits per heavy atom. The van der Waals surface area contributed by atoms with Gasteiger partial charge >= 0.3 is 0 Å². The SMILES string of the molecule is [2H]N1CCN(Cc2ccc(Cl)nc2)C1=N[N+](=O)[O-]. The summed E-state index contributed by atoms with van der Waals surface area (Å²) in [5.74, 6) is 0.0370. The maximum absolute atomic E-state index is 10.4. The Labute approximate surface area is 104 Å². The van der Waals surface area contributed by atoms with E-state index in [4.69, 9.17) is 13.0 Å². The Morgan fingerprint density at radius 2 is 2.59 bits per heavy atom. The van der Waals surface area contributed by atoms with Crippen molar-refractivity contribution in [1.29, 1.82) is 0 Å². The van der Waals surface area contributed by atoms with E-state index in [2.05, 4.69) is 10.1 Å². The van der Waals surface area contributed by atoms with Crippen LogP contribution in [0.4, 0.5) is 0 Å². The molecule has 1 N–H and O–H groups in total. The predicted octanol–water partition coefficient (Wildman–Crippen LogP) is 0.688. The highest BCUT2D eigenvalue weighted by molar-refractivity contribution is 6.29. The lowest BCUT2D eigenvalue weighted by Gasteiger charge is -2.14. The summed E-state index contributed by atoms with van der Waals surface area (Å²) >= 11 is 5.67. The van der Waals surface area contributed by atoms with Crippen LogP contribution in [0, 0.1) is 10.1 Å². The Hall–Kier alpha value is -1.89. The second-order valence-corrected chi connectivity index (χ2v) is 3.82. The van der Waals surface area contributed by atoms with E-state index in [0.29, 0.717) is 24.8 Å². The van der Waals surface area contributed by atoms with Gasteiger partial charge in [0.05, 0.1) is 0 Å². The van der Waals surface area contributed by atoms with E-state index in [0.717, 1.165) is 10.9 Å². The van der Waals surface area contributed by atoms with Gasteiger partial charge in [-0.3, -0.25) is 0 Å². The van der Waals surface area contributed by atoms with E-state index < -0.39 is 5.03 Å². The van der Waals surface area contributed by atoms with Crippen molar-refractivity contribution >= 4 is 17.6 Å². The van der Waals surface area contributed by atoms with Gasteiger partial charge in [-0.2, -0.15) is 0 Å². The first-order chi connectivity index (χ1) is 8.56. The van der Waals surface area contributed by atoms with Crippen molar-refractivity contribution in [3.63, 3.8) is 0 Å². The molecule has 17 heavy (non-hydrogen) atoms. The second kappa shape index (κ2) is 4.96. The Kier molecular flexibility index (Phi) is 3.00. The number of pyridine rings is 1. The number of nitro groups is 1. The molecule has 0 aliphatic carbocycles. The van der Waals surface area contributed by atoms with E-state index in [1.165, 1.54) is 0 Å². The summed E-state index contributed by atoms with van der Waals surface area (Å²) in [4.78, 5) is 16.0. The number of hydrogen-bond acceptors (Lipinski definition) is 3. The Morgan fingerprint density at radius 3 is 3.24 bits per heavy atom. The first-order valence-corrected chi connectivity index (χ1v) is 5.29. The van der Waals surface area contributed by atoms with Gasteiger partial charge in [0.2, 0.25) is 0 Å². The molecule has 0 bridgehead atoms. The van der Waals surface area contributed by atoms with Gasteiger partial charge < -0.3 is 10.2 Å². The molecular weight excluding hydrogens is 246 g/mol. The topological polar surface area (TPSA) is 83.7 Å². The molecule has 1 aliphatic heterocycles. The van der Waals surface area contributed by atoms with Crippen LogP contribution < -0.4 is 5.31 Å². The average Bonchev–Trinajstić information content (AvgIpc) is 2.64. The van der Waals surface area contributed by atoms with Crippen LogP contribution >= 0.6 is 11.6 Å². The molecule has 0 aromatic carbocycles.